The van der Waals surface area contributed by atoms with E-state index in [1.807, 2.05) is 4.72 Å². The Morgan fingerprint density at radius 2 is 1.77 bits per heavy atom. The molecule has 0 heterocycles. The van der Waals surface area contributed by atoms with Gasteiger partial charge in [0.25, 0.3) is 10.0 Å². The van der Waals surface area contributed by atoms with Crippen molar-refractivity contribution in [2.24, 2.45) is 0 Å². The Morgan fingerprint density at radius 3 is 2.35 bits per heavy atom. The van der Waals surface area contributed by atoms with E-state index in [1.54, 1.807) is 0 Å². The van der Waals surface area contributed by atoms with E-state index in [9.17, 15) is 30.8 Å². The fourth-order valence-corrected chi connectivity index (χ4v) is 3.29. The van der Waals surface area contributed by atoms with Crippen molar-refractivity contribution < 1.29 is 30.8 Å². The average molecular weight is 411 g/mol. The first-order valence-corrected chi connectivity index (χ1v) is 8.73. The highest BCUT2D eigenvalue weighted by Gasteiger charge is 2.34. The van der Waals surface area contributed by atoms with Gasteiger partial charge in [-0.05, 0) is 36.4 Å². The third kappa shape index (κ3) is 4.64. The predicted octanol–water partition coefficient (Wildman–Crippen LogP) is 4.26. The normalized spacial score (nSPS) is 11.9. The lowest BCUT2D eigenvalue weighted by Gasteiger charge is -2.13. The van der Waals surface area contributed by atoms with Crippen molar-refractivity contribution in [1.29, 1.82) is 0 Å². The van der Waals surface area contributed by atoms with Crippen LogP contribution in [0.4, 0.5) is 28.9 Å². The van der Waals surface area contributed by atoms with E-state index in [0.29, 0.717) is 6.07 Å². The summed E-state index contributed by atoms with van der Waals surface area (Å²) in [5, 5.41) is 1.66. The minimum absolute atomic E-state index is 0.101. The number of sulfonamides is 1. The van der Waals surface area contributed by atoms with Crippen LogP contribution in [0.3, 0.4) is 0 Å². The third-order valence-electron chi connectivity index (χ3n) is 3.08. The summed E-state index contributed by atoms with van der Waals surface area (Å²) in [5.74, 6) is -1.45. The Hall–Kier alpha value is -2.33. The molecular weight excluding hydrogens is 400 g/mol. The van der Waals surface area contributed by atoms with Crippen LogP contribution in [0.2, 0.25) is 5.02 Å². The van der Waals surface area contributed by atoms with Gasteiger partial charge in [0, 0.05) is 12.6 Å². The molecule has 2 N–H and O–H groups in total. The van der Waals surface area contributed by atoms with E-state index in [1.165, 1.54) is 13.0 Å². The highest BCUT2D eigenvalue weighted by molar-refractivity contribution is 7.92. The van der Waals surface area contributed by atoms with Gasteiger partial charge in [0.1, 0.15) is 5.82 Å². The zero-order chi connectivity index (χ0) is 19.7. The molecule has 0 unspecified atom stereocenters. The summed E-state index contributed by atoms with van der Waals surface area (Å²) in [6.07, 6.45) is -4.86. The van der Waals surface area contributed by atoms with Crippen LogP contribution in [-0.4, -0.2) is 14.3 Å². The highest BCUT2D eigenvalue weighted by atomic mass is 35.5. The Balaban J connectivity index is 2.42. The number of carbonyl (C=O) groups excluding carboxylic acids is 1. The fourth-order valence-electron chi connectivity index (χ4n) is 1.98. The van der Waals surface area contributed by atoms with Crippen molar-refractivity contribution in [3.05, 3.63) is 52.8 Å². The van der Waals surface area contributed by atoms with Crippen LogP contribution in [0, 0.1) is 5.82 Å². The maximum atomic E-state index is 13.8. The number of hydrogen-bond donors (Lipinski definition) is 2. The molecule has 0 aliphatic rings. The van der Waals surface area contributed by atoms with Crippen LogP contribution >= 0.6 is 11.6 Å². The fraction of sp³-hybridized carbons (Fsp3) is 0.133. The summed E-state index contributed by atoms with van der Waals surface area (Å²) < 4.78 is 78.9. The lowest BCUT2D eigenvalue weighted by Crippen LogP contribution is -2.16. The molecule has 0 aromatic heterocycles. The third-order valence-corrected chi connectivity index (χ3v) is 4.78. The van der Waals surface area contributed by atoms with Gasteiger partial charge in [0.15, 0.2) is 0 Å². The van der Waals surface area contributed by atoms with Gasteiger partial charge >= 0.3 is 6.18 Å². The number of halogens is 5. The van der Waals surface area contributed by atoms with Gasteiger partial charge in [-0.15, -0.1) is 0 Å². The van der Waals surface area contributed by atoms with Crippen molar-refractivity contribution in [2.45, 2.75) is 18.0 Å². The van der Waals surface area contributed by atoms with Gasteiger partial charge in [-0.25, -0.2) is 12.8 Å². The van der Waals surface area contributed by atoms with Crippen LogP contribution in [0.25, 0.3) is 0 Å². The summed E-state index contributed by atoms with van der Waals surface area (Å²) in [7, 11) is -4.54. The standard InChI is InChI=1S/C15H11ClF4N2O3S/c1-8(23)21-9-2-5-13(17)14(6-9)22-26(24,25)10-3-4-12(16)11(7-10)15(18,19)20/h2-7,22H,1H3,(H,21,23). The second-order valence-corrected chi connectivity index (χ2v) is 7.21. The number of hydrogen-bond acceptors (Lipinski definition) is 3. The molecule has 26 heavy (non-hydrogen) atoms. The predicted molar refractivity (Wildman–Crippen MR) is 88.0 cm³/mol. The molecule has 140 valence electrons. The number of rotatable bonds is 4. The first kappa shape index (κ1) is 20.0. The minimum atomic E-state index is -4.86. The summed E-state index contributed by atoms with van der Waals surface area (Å²) in [6, 6.07) is 5.07. The number of alkyl halides is 3. The van der Waals surface area contributed by atoms with E-state index in [-0.39, 0.29) is 5.69 Å². The maximum Gasteiger partial charge on any atom is 0.417 e. The summed E-state index contributed by atoms with van der Waals surface area (Å²) in [4.78, 5) is 10.3. The number of anilines is 2. The maximum absolute atomic E-state index is 13.8. The molecule has 1 amide bonds. The van der Waals surface area contributed by atoms with E-state index in [2.05, 4.69) is 5.32 Å². The van der Waals surface area contributed by atoms with E-state index in [0.717, 1.165) is 24.3 Å². The highest BCUT2D eigenvalue weighted by Crippen LogP contribution is 2.36. The Labute approximate surface area is 151 Å². The van der Waals surface area contributed by atoms with E-state index in [4.69, 9.17) is 11.6 Å². The second kappa shape index (κ2) is 7.12. The van der Waals surface area contributed by atoms with Crippen molar-refractivity contribution in [3.63, 3.8) is 0 Å². The first-order valence-electron chi connectivity index (χ1n) is 6.87. The van der Waals surface area contributed by atoms with Crippen LogP contribution in [0.15, 0.2) is 41.3 Å². The van der Waals surface area contributed by atoms with Crippen molar-refractivity contribution in [2.75, 3.05) is 10.0 Å². The van der Waals surface area contributed by atoms with Gasteiger partial charge in [-0.3, -0.25) is 9.52 Å². The lowest BCUT2D eigenvalue weighted by molar-refractivity contribution is -0.137. The monoisotopic (exact) mass is 410 g/mol. The SMILES string of the molecule is CC(=O)Nc1ccc(F)c(NS(=O)(=O)c2ccc(Cl)c(C(F)(F)F)c2)c1. The van der Waals surface area contributed by atoms with Crippen molar-refractivity contribution in [3.8, 4) is 0 Å². The Bertz CT molecular complexity index is 962. The number of benzene rings is 2. The summed E-state index contributed by atoms with van der Waals surface area (Å²) >= 11 is 5.45. The van der Waals surface area contributed by atoms with Crippen LogP contribution in [-0.2, 0) is 21.0 Å². The van der Waals surface area contributed by atoms with Gasteiger partial charge in [-0.1, -0.05) is 11.6 Å². The molecule has 0 radical (unpaired) electrons. The number of nitrogens with one attached hydrogen (secondary N) is 2. The smallest absolute Gasteiger partial charge is 0.326 e. The molecule has 2 aromatic carbocycles. The lowest BCUT2D eigenvalue weighted by atomic mass is 10.2. The molecule has 0 bridgehead atoms. The molecule has 2 aromatic rings. The van der Waals surface area contributed by atoms with Crippen LogP contribution in [0.1, 0.15) is 12.5 Å². The molecule has 0 aliphatic heterocycles. The average Bonchev–Trinajstić information content (AvgIpc) is 2.49. The van der Waals surface area contributed by atoms with Crippen molar-refractivity contribution >= 4 is 38.9 Å². The topological polar surface area (TPSA) is 75.3 Å². The van der Waals surface area contributed by atoms with E-state index < -0.39 is 49.1 Å². The summed E-state index contributed by atoms with van der Waals surface area (Å²) in [6.45, 7) is 1.19. The van der Waals surface area contributed by atoms with Crippen LogP contribution in [0.5, 0.6) is 0 Å². The molecule has 0 saturated carbocycles. The van der Waals surface area contributed by atoms with Gasteiger partial charge in [0.05, 0.1) is 21.2 Å². The van der Waals surface area contributed by atoms with Crippen LogP contribution < -0.4 is 10.0 Å². The van der Waals surface area contributed by atoms with Crippen molar-refractivity contribution in [1.82, 2.24) is 0 Å². The number of amides is 1. The molecule has 11 heteroatoms. The zero-order valence-corrected chi connectivity index (χ0v) is 14.6. The molecule has 0 fully saturated rings. The molecule has 0 aliphatic carbocycles. The minimum Gasteiger partial charge on any atom is -0.326 e. The zero-order valence-electron chi connectivity index (χ0n) is 13.0. The molecule has 0 spiro atoms. The second-order valence-electron chi connectivity index (χ2n) is 5.12. The van der Waals surface area contributed by atoms with Gasteiger partial charge < -0.3 is 5.32 Å². The molecule has 0 saturated heterocycles. The first-order chi connectivity index (χ1) is 11.9. The van der Waals surface area contributed by atoms with E-state index >= 15 is 0 Å². The molecular formula is C15H11ClF4N2O3S. The Kier molecular flexibility index (Phi) is 5.47. The Morgan fingerprint density at radius 1 is 1.12 bits per heavy atom. The largest absolute Gasteiger partial charge is 0.417 e. The van der Waals surface area contributed by atoms with Gasteiger partial charge in [0.2, 0.25) is 5.91 Å². The quantitative estimate of drug-likeness (QED) is 0.740. The number of carbonyl (C=O) groups is 1. The molecule has 0 atom stereocenters. The molecule has 2 rings (SSSR count). The molecule has 5 nitrogen and oxygen atoms in total. The van der Waals surface area contributed by atoms with Gasteiger partial charge in [-0.2, -0.15) is 13.2 Å². The summed E-state index contributed by atoms with van der Waals surface area (Å²) in [5.41, 5.74) is -1.78.